The maximum atomic E-state index is 2.50. The Hall–Kier alpha value is 0. The van der Waals surface area contributed by atoms with Crippen LogP contribution in [0, 0.1) is 41.4 Å². The molecule has 6 unspecified atom stereocenters. The summed E-state index contributed by atoms with van der Waals surface area (Å²) in [5, 5.41) is 0. The van der Waals surface area contributed by atoms with Gasteiger partial charge in [-0.15, -0.1) is 0 Å². The van der Waals surface area contributed by atoms with Gasteiger partial charge in [0.15, 0.2) is 0 Å². The van der Waals surface area contributed by atoms with Crippen LogP contribution in [0.1, 0.15) is 73.1 Å². The van der Waals surface area contributed by atoms with Crippen molar-refractivity contribution in [3.8, 4) is 0 Å². The summed E-state index contributed by atoms with van der Waals surface area (Å²) in [5.41, 5.74) is 0. The molecule has 106 valence electrons. The van der Waals surface area contributed by atoms with E-state index in [1.807, 2.05) is 0 Å². The monoisotopic (exact) mass is 250 g/mol. The largest absolute Gasteiger partial charge is 0.0625 e. The van der Waals surface area contributed by atoms with Crippen LogP contribution >= 0.6 is 0 Å². The van der Waals surface area contributed by atoms with Gasteiger partial charge in [0.25, 0.3) is 0 Å². The summed E-state index contributed by atoms with van der Waals surface area (Å²) in [6.07, 6.45) is 8.97. The van der Waals surface area contributed by atoms with E-state index < -0.39 is 0 Å². The van der Waals surface area contributed by atoms with Gasteiger partial charge in [-0.25, -0.2) is 0 Å². The average molecular weight is 250 g/mol. The summed E-state index contributed by atoms with van der Waals surface area (Å²) in [6, 6.07) is 0. The lowest BCUT2D eigenvalue weighted by Crippen LogP contribution is -2.29. The van der Waals surface area contributed by atoms with Crippen molar-refractivity contribution in [2.75, 3.05) is 0 Å². The van der Waals surface area contributed by atoms with Gasteiger partial charge in [-0.1, -0.05) is 60.3 Å². The first-order valence-electron chi connectivity index (χ1n) is 8.50. The molecule has 0 aliphatic heterocycles. The van der Waals surface area contributed by atoms with Gasteiger partial charge >= 0.3 is 0 Å². The SMILES string of the molecule is CC(C)C1CC1C(C)CCCC(C)C1CCC1C. The smallest absolute Gasteiger partial charge is 0.0355 e. The minimum Gasteiger partial charge on any atom is -0.0625 e. The van der Waals surface area contributed by atoms with Crippen molar-refractivity contribution >= 4 is 0 Å². The highest BCUT2D eigenvalue weighted by Gasteiger charge is 2.42. The summed E-state index contributed by atoms with van der Waals surface area (Å²) in [7, 11) is 0. The van der Waals surface area contributed by atoms with Crippen molar-refractivity contribution in [3.63, 3.8) is 0 Å². The third kappa shape index (κ3) is 3.31. The zero-order chi connectivity index (χ0) is 13.3. The van der Waals surface area contributed by atoms with Gasteiger partial charge in [0.05, 0.1) is 0 Å². The van der Waals surface area contributed by atoms with E-state index in [1.54, 1.807) is 0 Å². The van der Waals surface area contributed by atoms with Crippen LogP contribution in [-0.2, 0) is 0 Å². The van der Waals surface area contributed by atoms with Crippen LogP contribution in [0.15, 0.2) is 0 Å². The van der Waals surface area contributed by atoms with Crippen LogP contribution in [0.2, 0.25) is 0 Å². The van der Waals surface area contributed by atoms with Gasteiger partial charge < -0.3 is 0 Å². The van der Waals surface area contributed by atoms with Crippen LogP contribution in [0.5, 0.6) is 0 Å². The molecule has 0 amide bonds. The molecule has 2 saturated carbocycles. The first-order chi connectivity index (χ1) is 8.50. The van der Waals surface area contributed by atoms with E-state index >= 15 is 0 Å². The van der Waals surface area contributed by atoms with Gasteiger partial charge in [0, 0.05) is 0 Å². The summed E-state index contributed by atoms with van der Waals surface area (Å²) in [6.45, 7) is 12.3. The third-order valence-electron chi connectivity index (χ3n) is 6.21. The van der Waals surface area contributed by atoms with E-state index in [1.165, 1.54) is 38.5 Å². The lowest BCUT2D eigenvalue weighted by atomic mass is 9.67. The molecule has 0 nitrogen and oxygen atoms in total. The lowest BCUT2D eigenvalue weighted by Gasteiger charge is -2.38. The molecule has 2 rings (SSSR count). The molecule has 0 heteroatoms. The molecule has 0 heterocycles. The Morgan fingerprint density at radius 1 is 0.833 bits per heavy atom. The standard InChI is InChI=1S/C18H34/c1-12(2)17-11-18(17)14(4)8-6-7-13(3)16-10-9-15(16)5/h12-18H,6-11H2,1-5H3. The van der Waals surface area contributed by atoms with Crippen molar-refractivity contribution < 1.29 is 0 Å². The highest BCUT2D eigenvalue weighted by molar-refractivity contribution is 4.91. The highest BCUT2D eigenvalue weighted by atomic mass is 14.5. The van der Waals surface area contributed by atoms with E-state index in [4.69, 9.17) is 0 Å². The zero-order valence-electron chi connectivity index (χ0n) is 13.3. The molecule has 0 bridgehead atoms. The molecule has 0 radical (unpaired) electrons. The molecule has 0 aromatic heterocycles. The Morgan fingerprint density at radius 3 is 1.83 bits per heavy atom. The maximum absolute atomic E-state index is 2.50. The minimum absolute atomic E-state index is 0.923. The molecular formula is C18H34. The zero-order valence-corrected chi connectivity index (χ0v) is 13.3. The summed E-state index contributed by atoms with van der Waals surface area (Å²) in [5.74, 6) is 7.11. The lowest BCUT2D eigenvalue weighted by molar-refractivity contribution is 0.120. The van der Waals surface area contributed by atoms with E-state index in [9.17, 15) is 0 Å². The second-order valence-corrected chi connectivity index (χ2v) is 7.91. The molecule has 6 atom stereocenters. The Labute approximate surface area is 115 Å². The molecule has 0 aromatic rings. The summed E-state index contributed by atoms with van der Waals surface area (Å²) >= 11 is 0. The Bertz CT molecular complexity index is 255. The van der Waals surface area contributed by atoms with E-state index in [-0.39, 0.29) is 0 Å². The predicted molar refractivity (Wildman–Crippen MR) is 80.5 cm³/mol. The Kier molecular flexibility index (Phi) is 4.78. The Morgan fingerprint density at radius 2 is 1.44 bits per heavy atom. The van der Waals surface area contributed by atoms with Gasteiger partial charge in [-0.3, -0.25) is 0 Å². The first-order valence-corrected chi connectivity index (χ1v) is 8.50. The number of hydrogen-bond acceptors (Lipinski definition) is 0. The number of hydrogen-bond donors (Lipinski definition) is 0. The Balaban J connectivity index is 1.58. The minimum atomic E-state index is 0.923. The molecule has 2 aliphatic carbocycles. The van der Waals surface area contributed by atoms with E-state index in [0.717, 1.165) is 41.4 Å². The van der Waals surface area contributed by atoms with Crippen LogP contribution in [-0.4, -0.2) is 0 Å². The first kappa shape index (κ1) is 14.4. The third-order valence-corrected chi connectivity index (χ3v) is 6.21. The molecular weight excluding hydrogens is 216 g/mol. The highest BCUT2D eigenvalue weighted by Crippen LogP contribution is 2.50. The van der Waals surface area contributed by atoms with Crippen molar-refractivity contribution in [1.82, 2.24) is 0 Å². The topological polar surface area (TPSA) is 0 Å². The molecule has 0 saturated heterocycles. The summed E-state index contributed by atoms with van der Waals surface area (Å²) in [4.78, 5) is 0. The molecule has 18 heavy (non-hydrogen) atoms. The maximum Gasteiger partial charge on any atom is -0.0355 e. The van der Waals surface area contributed by atoms with Crippen molar-refractivity contribution in [3.05, 3.63) is 0 Å². The van der Waals surface area contributed by atoms with E-state index in [0.29, 0.717) is 0 Å². The molecule has 0 spiro atoms. The van der Waals surface area contributed by atoms with Crippen LogP contribution in [0.4, 0.5) is 0 Å². The van der Waals surface area contributed by atoms with Gasteiger partial charge in [0.2, 0.25) is 0 Å². The van der Waals surface area contributed by atoms with Gasteiger partial charge in [-0.05, 0) is 54.3 Å². The van der Waals surface area contributed by atoms with Crippen molar-refractivity contribution in [2.45, 2.75) is 73.1 Å². The quantitative estimate of drug-likeness (QED) is 0.538. The second kappa shape index (κ2) is 5.97. The fourth-order valence-corrected chi connectivity index (χ4v) is 4.38. The van der Waals surface area contributed by atoms with Gasteiger partial charge in [-0.2, -0.15) is 0 Å². The average Bonchev–Trinajstić information content (AvgIpc) is 3.06. The van der Waals surface area contributed by atoms with Crippen LogP contribution in [0.3, 0.4) is 0 Å². The summed E-state index contributed by atoms with van der Waals surface area (Å²) < 4.78 is 0. The fraction of sp³-hybridized carbons (Fsp3) is 1.00. The fourth-order valence-electron chi connectivity index (χ4n) is 4.38. The molecule has 0 aromatic carbocycles. The van der Waals surface area contributed by atoms with Crippen LogP contribution < -0.4 is 0 Å². The molecule has 0 N–H and O–H groups in total. The molecule has 2 aliphatic rings. The predicted octanol–water partition coefficient (Wildman–Crippen LogP) is 5.77. The number of rotatable bonds is 7. The van der Waals surface area contributed by atoms with Gasteiger partial charge in [0.1, 0.15) is 0 Å². The van der Waals surface area contributed by atoms with Crippen LogP contribution in [0.25, 0.3) is 0 Å². The van der Waals surface area contributed by atoms with E-state index in [2.05, 4.69) is 34.6 Å². The van der Waals surface area contributed by atoms with Crippen molar-refractivity contribution in [1.29, 1.82) is 0 Å². The second-order valence-electron chi connectivity index (χ2n) is 7.91. The normalized spacial score (nSPS) is 38.3. The molecule has 2 fully saturated rings. The van der Waals surface area contributed by atoms with Crippen molar-refractivity contribution in [2.24, 2.45) is 41.4 Å².